The van der Waals surface area contributed by atoms with Crippen LogP contribution < -0.4 is 14.8 Å². The standard InChI is InChI=1S/C18H25NO5S/c1-3-23-18(21)14(11-25)19-17(20)12-8-9-15(22-2)16(10-12)24-13-6-4-5-7-13/h8-10,13-14,25H,3-7,11H2,1-2H3,(H,19,20)/t14-/m1/s1. The normalized spacial score (nSPS) is 15.5. The molecule has 0 bridgehead atoms. The van der Waals surface area contributed by atoms with Gasteiger partial charge in [0.2, 0.25) is 0 Å². The van der Waals surface area contributed by atoms with Crippen LogP contribution in [0.2, 0.25) is 0 Å². The predicted octanol–water partition coefficient (Wildman–Crippen LogP) is 2.61. The molecule has 1 aliphatic carbocycles. The van der Waals surface area contributed by atoms with Crippen LogP contribution in [0.1, 0.15) is 43.0 Å². The maximum atomic E-state index is 12.5. The average molecular weight is 367 g/mol. The van der Waals surface area contributed by atoms with Crippen molar-refractivity contribution >= 4 is 24.5 Å². The molecule has 1 aromatic rings. The Morgan fingerprint density at radius 2 is 2.00 bits per heavy atom. The van der Waals surface area contributed by atoms with Gasteiger partial charge in [0, 0.05) is 11.3 Å². The molecule has 6 nitrogen and oxygen atoms in total. The van der Waals surface area contributed by atoms with Gasteiger partial charge in [0.25, 0.3) is 5.91 Å². The Morgan fingerprint density at radius 3 is 2.60 bits per heavy atom. The summed E-state index contributed by atoms with van der Waals surface area (Å²) < 4.78 is 16.2. The highest BCUT2D eigenvalue weighted by atomic mass is 32.1. The fourth-order valence-electron chi connectivity index (χ4n) is 2.76. The number of thiol groups is 1. The summed E-state index contributed by atoms with van der Waals surface area (Å²) in [5.74, 6) is 0.402. The lowest BCUT2D eigenvalue weighted by atomic mass is 10.1. The monoisotopic (exact) mass is 367 g/mol. The van der Waals surface area contributed by atoms with Gasteiger partial charge in [-0.1, -0.05) is 0 Å². The quantitative estimate of drug-likeness (QED) is 0.546. The number of methoxy groups -OCH3 is 1. The zero-order valence-corrected chi connectivity index (χ0v) is 15.5. The first-order valence-corrected chi connectivity index (χ1v) is 9.15. The third kappa shape index (κ3) is 5.29. The van der Waals surface area contributed by atoms with E-state index in [9.17, 15) is 9.59 Å². The number of nitrogens with one attached hydrogen (secondary N) is 1. The molecular formula is C18H25NO5S. The molecule has 0 heterocycles. The van der Waals surface area contributed by atoms with Gasteiger partial charge >= 0.3 is 5.97 Å². The molecule has 0 spiro atoms. The number of carbonyl (C=O) groups is 2. The summed E-state index contributed by atoms with van der Waals surface area (Å²) in [5.41, 5.74) is 0.393. The molecule has 0 saturated heterocycles. The van der Waals surface area contributed by atoms with E-state index in [1.54, 1.807) is 32.2 Å². The molecule has 1 atom stereocenters. The van der Waals surface area contributed by atoms with Crippen LogP contribution in [0.25, 0.3) is 0 Å². The Hall–Kier alpha value is -1.89. The lowest BCUT2D eigenvalue weighted by Crippen LogP contribution is -2.43. The van der Waals surface area contributed by atoms with Gasteiger partial charge in [-0.05, 0) is 50.8 Å². The molecular weight excluding hydrogens is 342 g/mol. The first kappa shape index (κ1) is 19.4. The number of hydrogen-bond donors (Lipinski definition) is 2. The Labute approximate surface area is 153 Å². The van der Waals surface area contributed by atoms with E-state index < -0.39 is 12.0 Å². The van der Waals surface area contributed by atoms with Crippen molar-refractivity contribution in [3.05, 3.63) is 23.8 Å². The summed E-state index contributed by atoms with van der Waals surface area (Å²) >= 11 is 4.10. The van der Waals surface area contributed by atoms with Gasteiger partial charge in [-0.25, -0.2) is 4.79 Å². The molecule has 0 aromatic heterocycles. The molecule has 1 N–H and O–H groups in total. The van der Waals surface area contributed by atoms with Gasteiger partial charge in [0.05, 0.1) is 19.8 Å². The van der Waals surface area contributed by atoms with Crippen molar-refractivity contribution in [1.29, 1.82) is 0 Å². The van der Waals surface area contributed by atoms with Crippen LogP contribution in [0.3, 0.4) is 0 Å². The van der Waals surface area contributed by atoms with Gasteiger partial charge in [0.15, 0.2) is 11.5 Å². The molecule has 25 heavy (non-hydrogen) atoms. The summed E-state index contributed by atoms with van der Waals surface area (Å²) in [6.45, 7) is 1.96. The van der Waals surface area contributed by atoms with E-state index in [0.29, 0.717) is 17.1 Å². The lowest BCUT2D eigenvalue weighted by Gasteiger charge is -2.18. The highest BCUT2D eigenvalue weighted by molar-refractivity contribution is 7.80. The molecule has 0 radical (unpaired) electrons. The van der Waals surface area contributed by atoms with Gasteiger partial charge in [0.1, 0.15) is 6.04 Å². The van der Waals surface area contributed by atoms with Crippen molar-refractivity contribution in [2.24, 2.45) is 0 Å². The van der Waals surface area contributed by atoms with Gasteiger partial charge < -0.3 is 19.5 Å². The van der Waals surface area contributed by atoms with E-state index in [4.69, 9.17) is 14.2 Å². The molecule has 138 valence electrons. The van der Waals surface area contributed by atoms with E-state index in [1.165, 1.54) is 0 Å². The second-order valence-corrected chi connectivity index (χ2v) is 6.22. The Morgan fingerprint density at radius 1 is 1.28 bits per heavy atom. The van der Waals surface area contributed by atoms with Crippen LogP contribution in [-0.4, -0.2) is 43.5 Å². The second-order valence-electron chi connectivity index (χ2n) is 5.85. The molecule has 1 fully saturated rings. The fourth-order valence-corrected chi connectivity index (χ4v) is 3.00. The number of esters is 1. The first-order valence-electron chi connectivity index (χ1n) is 8.52. The highest BCUT2D eigenvalue weighted by Crippen LogP contribution is 2.32. The number of hydrogen-bond acceptors (Lipinski definition) is 6. The highest BCUT2D eigenvalue weighted by Gasteiger charge is 2.23. The van der Waals surface area contributed by atoms with Crippen molar-refractivity contribution in [3.8, 4) is 11.5 Å². The first-order chi connectivity index (χ1) is 12.1. The Balaban J connectivity index is 2.11. The van der Waals surface area contributed by atoms with E-state index in [1.807, 2.05) is 0 Å². The Kier molecular flexibility index (Phi) is 7.43. The van der Waals surface area contributed by atoms with Gasteiger partial charge in [-0.3, -0.25) is 4.79 Å². The van der Waals surface area contributed by atoms with E-state index in [0.717, 1.165) is 25.7 Å². The van der Waals surface area contributed by atoms with Crippen molar-refractivity contribution in [2.75, 3.05) is 19.5 Å². The topological polar surface area (TPSA) is 73.9 Å². The fraction of sp³-hybridized carbons (Fsp3) is 0.556. The van der Waals surface area contributed by atoms with Gasteiger partial charge in [-0.2, -0.15) is 12.6 Å². The van der Waals surface area contributed by atoms with Crippen LogP contribution in [0.4, 0.5) is 0 Å². The van der Waals surface area contributed by atoms with Crippen LogP contribution in [0, 0.1) is 0 Å². The molecule has 1 aliphatic rings. The number of rotatable bonds is 8. The van der Waals surface area contributed by atoms with Crippen molar-refractivity contribution in [3.63, 3.8) is 0 Å². The summed E-state index contributed by atoms with van der Waals surface area (Å²) in [6.07, 6.45) is 4.46. The molecule has 2 rings (SSSR count). The number of ether oxygens (including phenoxy) is 3. The van der Waals surface area contributed by atoms with Crippen LogP contribution >= 0.6 is 12.6 Å². The molecule has 1 amide bonds. The van der Waals surface area contributed by atoms with E-state index in [-0.39, 0.29) is 24.4 Å². The van der Waals surface area contributed by atoms with Crippen molar-refractivity contribution in [1.82, 2.24) is 5.32 Å². The summed E-state index contributed by atoms with van der Waals surface area (Å²) in [7, 11) is 1.56. The molecule has 1 aromatic carbocycles. The third-order valence-electron chi connectivity index (χ3n) is 4.08. The zero-order valence-electron chi connectivity index (χ0n) is 14.6. The SMILES string of the molecule is CCOC(=O)[C@@H](CS)NC(=O)c1ccc(OC)c(OC2CCCC2)c1. The summed E-state index contributed by atoms with van der Waals surface area (Å²) in [5, 5.41) is 2.64. The van der Waals surface area contributed by atoms with Crippen molar-refractivity contribution < 1.29 is 23.8 Å². The van der Waals surface area contributed by atoms with Crippen LogP contribution in [0.15, 0.2) is 18.2 Å². The van der Waals surface area contributed by atoms with E-state index >= 15 is 0 Å². The Bertz CT molecular complexity index is 601. The molecule has 1 saturated carbocycles. The summed E-state index contributed by atoms with van der Waals surface area (Å²) in [6, 6.07) is 4.18. The predicted molar refractivity (Wildman–Crippen MR) is 97.6 cm³/mol. The lowest BCUT2D eigenvalue weighted by molar-refractivity contribution is -0.144. The second kappa shape index (κ2) is 9.56. The minimum atomic E-state index is -0.794. The largest absolute Gasteiger partial charge is 0.493 e. The molecule has 7 heteroatoms. The third-order valence-corrected chi connectivity index (χ3v) is 4.45. The van der Waals surface area contributed by atoms with Crippen molar-refractivity contribution in [2.45, 2.75) is 44.8 Å². The summed E-state index contributed by atoms with van der Waals surface area (Å²) in [4.78, 5) is 24.3. The molecule has 0 unspecified atom stereocenters. The number of carbonyl (C=O) groups excluding carboxylic acids is 2. The molecule has 0 aliphatic heterocycles. The zero-order chi connectivity index (χ0) is 18.2. The smallest absolute Gasteiger partial charge is 0.329 e. The minimum Gasteiger partial charge on any atom is -0.493 e. The average Bonchev–Trinajstić information content (AvgIpc) is 3.12. The number of amides is 1. The van der Waals surface area contributed by atoms with Gasteiger partial charge in [-0.15, -0.1) is 0 Å². The van der Waals surface area contributed by atoms with Crippen LogP contribution in [0.5, 0.6) is 11.5 Å². The van der Waals surface area contributed by atoms with E-state index in [2.05, 4.69) is 17.9 Å². The van der Waals surface area contributed by atoms with Crippen LogP contribution in [-0.2, 0) is 9.53 Å². The maximum absolute atomic E-state index is 12.5. The maximum Gasteiger partial charge on any atom is 0.329 e. The minimum absolute atomic E-state index is 0.150. The number of benzene rings is 1.